The number of benzene rings is 1. The zero-order valence-corrected chi connectivity index (χ0v) is 13.9. The van der Waals surface area contributed by atoms with Crippen molar-refractivity contribution in [2.75, 3.05) is 12.4 Å². The summed E-state index contributed by atoms with van der Waals surface area (Å²) in [5.74, 6) is -1.73. The number of aromatic nitrogens is 1. The Balaban J connectivity index is 1.81. The van der Waals surface area contributed by atoms with Gasteiger partial charge in [-0.3, -0.25) is 4.98 Å². The molecule has 0 spiro atoms. The van der Waals surface area contributed by atoms with Crippen molar-refractivity contribution in [2.24, 2.45) is 0 Å². The summed E-state index contributed by atoms with van der Waals surface area (Å²) in [6.45, 7) is 2.04. The van der Waals surface area contributed by atoms with Crippen LogP contribution in [-0.4, -0.2) is 29.0 Å². The number of carbonyl (C=O) groups is 1. The quantitative estimate of drug-likeness (QED) is 0.898. The van der Waals surface area contributed by atoms with Gasteiger partial charge in [-0.25, -0.2) is 13.6 Å². The number of carbonyl (C=O) groups excluding carboxylic acids is 1. The number of anilines is 1. The average molecular weight is 344 g/mol. The van der Waals surface area contributed by atoms with E-state index < -0.39 is 11.6 Å². The van der Waals surface area contributed by atoms with Gasteiger partial charge in [0, 0.05) is 43.4 Å². The molecule has 2 N–H and O–H groups in total. The van der Waals surface area contributed by atoms with E-state index in [4.69, 9.17) is 0 Å². The normalized spacial score (nSPS) is 14.0. The van der Waals surface area contributed by atoms with E-state index in [0.29, 0.717) is 16.8 Å². The van der Waals surface area contributed by atoms with Crippen LogP contribution in [0.3, 0.4) is 0 Å². The fourth-order valence-corrected chi connectivity index (χ4v) is 2.75. The predicted molar refractivity (Wildman–Crippen MR) is 91.7 cm³/mol. The number of rotatable bonds is 3. The van der Waals surface area contributed by atoms with Crippen molar-refractivity contribution in [1.82, 2.24) is 15.2 Å². The van der Waals surface area contributed by atoms with Crippen LogP contribution < -0.4 is 10.6 Å². The third kappa shape index (κ3) is 3.31. The first-order valence-corrected chi connectivity index (χ1v) is 7.83. The summed E-state index contributed by atoms with van der Waals surface area (Å²) in [4.78, 5) is 17.8. The highest BCUT2D eigenvalue weighted by molar-refractivity contribution is 5.91. The molecule has 0 saturated heterocycles. The number of nitrogens with one attached hydrogen (secondary N) is 2. The van der Waals surface area contributed by atoms with Gasteiger partial charge in [0.05, 0.1) is 6.04 Å². The lowest BCUT2D eigenvalue weighted by Gasteiger charge is -2.30. The van der Waals surface area contributed by atoms with Crippen LogP contribution in [0.15, 0.2) is 42.9 Å². The highest BCUT2D eigenvalue weighted by atomic mass is 19.2. The summed E-state index contributed by atoms with van der Waals surface area (Å²) >= 11 is 0. The van der Waals surface area contributed by atoms with Crippen LogP contribution in [0.4, 0.5) is 19.3 Å². The summed E-state index contributed by atoms with van der Waals surface area (Å²) < 4.78 is 27.5. The lowest BCUT2D eigenvalue weighted by molar-refractivity contribution is 0.217. The first kappa shape index (κ1) is 16.9. The molecule has 25 heavy (non-hydrogen) atoms. The van der Waals surface area contributed by atoms with E-state index in [0.717, 1.165) is 6.07 Å². The molecule has 1 unspecified atom stereocenters. The first-order valence-electron chi connectivity index (χ1n) is 7.83. The molecular weight excluding hydrogens is 326 g/mol. The maximum atomic E-state index is 14.0. The monoisotopic (exact) mass is 344 g/mol. The van der Waals surface area contributed by atoms with Gasteiger partial charge in [-0.1, -0.05) is 6.07 Å². The minimum Gasteiger partial charge on any atom is -0.386 e. The molecule has 0 saturated carbocycles. The minimum atomic E-state index is -0.877. The molecule has 0 radical (unpaired) electrons. The maximum absolute atomic E-state index is 14.0. The third-order valence-corrected chi connectivity index (χ3v) is 4.33. The highest BCUT2D eigenvalue weighted by Crippen LogP contribution is 2.30. The fraction of sp³-hybridized carbons (Fsp3) is 0.222. The summed E-state index contributed by atoms with van der Waals surface area (Å²) in [5.41, 5.74) is 2.22. The molecule has 5 nitrogen and oxygen atoms in total. The standard InChI is InChI=1S/C18H18F2N4O/c1-11(24(2)18(25)23-12-5-7-21-8-6-12)14-9-22-10-15-13(14)3-4-16(19)17(15)20/h3-9,11,22H,10H2,1-2H3,(H,21,23,25). The van der Waals surface area contributed by atoms with Crippen LogP contribution in [0.5, 0.6) is 0 Å². The van der Waals surface area contributed by atoms with E-state index in [1.807, 2.05) is 6.92 Å². The molecule has 1 aromatic carbocycles. The van der Waals surface area contributed by atoms with Crippen molar-refractivity contribution >= 4 is 17.3 Å². The zero-order chi connectivity index (χ0) is 18.0. The van der Waals surface area contributed by atoms with Crippen molar-refractivity contribution in [3.8, 4) is 0 Å². The van der Waals surface area contributed by atoms with Gasteiger partial charge < -0.3 is 15.5 Å². The van der Waals surface area contributed by atoms with Crippen LogP contribution in [-0.2, 0) is 6.54 Å². The topological polar surface area (TPSA) is 57.3 Å². The van der Waals surface area contributed by atoms with E-state index in [-0.39, 0.29) is 24.2 Å². The molecule has 1 aromatic heterocycles. The van der Waals surface area contributed by atoms with Crippen molar-refractivity contribution in [3.63, 3.8) is 0 Å². The van der Waals surface area contributed by atoms with Crippen molar-refractivity contribution in [1.29, 1.82) is 0 Å². The molecule has 1 aliphatic rings. The van der Waals surface area contributed by atoms with E-state index in [1.165, 1.54) is 4.90 Å². The second-order valence-corrected chi connectivity index (χ2v) is 5.82. The summed E-state index contributed by atoms with van der Waals surface area (Å²) in [7, 11) is 1.65. The number of likely N-dealkylation sites (N-methyl/N-ethyl adjacent to an activating group) is 1. The molecule has 2 aromatic rings. The number of pyridine rings is 1. The Bertz CT molecular complexity index is 823. The summed E-state index contributed by atoms with van der Waals surface area (Å²) in [6, 6.07) is 5.37. The Hall–Kier alpha value is -2.96. The Morgan fingerprint density at radius 1 is 1.28 bits per heavy atom. The first-order chi connectivity index (χ1) is 12.0. The van der Waals surface area contributed by atoms with Gasteiger partial charge in [-0.05, 0) is 36.3 Å². The minimum absolute atomic E-state index is 0.210. The van der Waals surface area contributed by atoms with E-state index in [1.54, 1.807) is 43.8 Å². The van der Waals surface area contributed by atoms with Gasteiger partial charge in [-0.2, -0.15) is 0 Å². The molecule has 1 atom stereocenters. The van der Waals surface area contributed by atoms with E-state index >= 15 is 0 Å². The highest BCUT2D eigenvalue weighted by Gasteiger charge is 2.26. The smallest absolute Gasteiger partial charge is 0.322 e. The zero-order valence-electron chi connectivity index (χ0n) is 13.9. The second kappa shape index (κ2) is 6.88. The molecule has 7 heteroatoms. The lowest BCUT2D eigenvalue weighted by atomic mass is 9.92. The number of nitrogens with zero attached hydrogens (tertiary/aromatic N) is 2. The van der Waals surface area contributed by atoms with E-state index in [9.17, 15) is 13.6 Å². The predicted octanol–water partition coefficient (Wildman–Crippen LogP) is 3.36. The molecular formula is C18H18F2N4O. The maximum Gasteiger partial charge on any atom is 0.322 e. The van der Waals surface area contributed by atoms with E-state index in [2.05, 4.69) is 15.6 Å². The third-order valence-electron chi connectivity index (χ3n) is 4.33. The number of urea groups is 1. The molecule has 2 amide bonds. The molecule has 3 rings (SSSR count). The number of hydrogen-bond donors (Lipinski definition) is 2. The van der Waals surface area contributed by atoms with Gasteiger partial charge in [0.2, 0.25) is 0 Å². The van der Waals surface area contributed by atoms with Crippen molar-refractivity contribution in [3.05, 3.63) is 65.6 Å². The van der Waals surface area contributed by atoms with Crippen LogP contribution in [0.25, 0.3) is 5.57 Å². The Labute approximate surface area is 144 Å². The Kier molecular flexibility index (Phi) is 4.65. The molecule has 0 aliphatic carbocycles. The van der Waals surface area contributed by atoms with Crippen molar-refractivity contribution in [2.45, 2.75) is 19.5 Å². The second-order valence-electron chi connectivity index (χ2n) is 5.82. The fourth-order valence-electron chi connectivity index (χ4n) is 2.75. The molecule has 130 valence electrons. The van der Waals surface area contributed by atoms with Gasteiger partial charge in [0.25, 0.3) is 0 Å². The van der Waals surface area contributed by atoms with Crippen LogP contribution in [0.1, 0.15) is 18.1 Å². The number of hydrogen-bond acceptors (Lipinski definition) is 3. The summed E-state index contributed by atoms with van der Waals surface area (Å²) in [5, 5.41) is 5.72. The number of fused-ring (bicyclic) bond motifs is 1. The van der Waals surface area contributed by atoms with Gasteiger partial charge in [-0.15, -0.1) is 0 Å². The molecule has 1 aliphatic heterocycles. The molecule has 0 fully saturated rings. The largest absolute Gasteiger partial charge is 0.386 e. The average Bonchev–Trinajstić information content (AvgIpc) is 2.64. The molecule has 0 bridgehead atoms. The van der Waals surface area contributed by atoms with Crippen LogP contribution in [0, 0.1) is 11.6 Å². The lowest BCUT2D eigenvalue weighted by Crippen LogP contribution is -2.40. The SMILES string of the molecule is CC(C1=CNCc2c1ccc(F)c2F)N(C)C(=O)Nc1ccncc1. The van der Waals surface area contributed by atoms with Gasteiger partial charge >= 0.3 is 6.03 Å². The van der Waals surface area contributed by atoms with Gasteiger partial charge in [0.15, 0.2) is 11.6 Å². The molecule has 2 heterocycles. The number of amides is 2. The van der Waals surface area contributed by atoms with Gasteiger partial charge in [0.1, 0.15) is 0 Å². The Morgan fingerprint density at radius 2 is 2.00 bits per heavy atom. The van der Waals surface area contributed by atoms with Crippen molar-refractivity contribution < 1.29 is 13.6 Å². The number of halogens is 2. The van der Waals surface area contributed by atoms with Crippen LogP contribution in [0.2, 0.25) is 0 Å². The Morgan fingerprint density at radius 3 is 2.72 bits per heavy atom. The van der Waals surface area contributed by atoms with Crippen LogP contribution >= 0.6 is 0 Å². The summed E-state index contributed by atoms with van der Waals surface area (Å²) in [6.07, 6.45) is 4.90.